The standard InChI is InChI=1S/C13H12ClFN2O2Si/c14-10-3-8(11-6-20(11)13(18)19)1-2-9(10)4-17-5-12(15)16-7-17/h1-3,5,7,11,20H,4,6H2,(H,18,19)/t11-,20+/m1/s1. The van der Waals surface area contributed by atoms with E-state index in [0.29, 0.717) is 11.6 Å². The van der Waals surface area contributed by atoms with Crippen LogP contribution in [0.15, 0.2) is 30.7 Å². The van der Waals surface area contributed by atoms with Crippen LogP contribution in [0.25, 0.3) is 0 Å². The van der Waals surface area contributed by atoms with Crippen molar-refractivity contribution in [1.29, 1.82) is 0 Å². The van der Waals surface area contributed by atoms with Crippen LogP contribution in [0.1, 0.15) is 16.7 Å². The third-order valence-electron chi connectivity index (χ3n) is 3.57. The van der Waals surface area contributed by atoms with Gasteiger partial charge in [-0.15, -0.1) is 0 Å². The smallest absolute Gasteiger partial charge is 0.266 e. The van der Waals surface area contributed by atoms with E-state index in [2.05, 4.69) is 4.98 Å². The number of hydrogen-bond donors (Lipinski definition) is 1. The Labute approximate surface area is 121 Å². The Balaban J connectivity index is 1.76. The quantitative estimate of drug-likeness (QED) is 0.884. The largest absolute Gasteiger partial charge is 0.486 e. The van der Waals surface area contributed by atoms with Crippen LogP contribution >= 0.6 is 11.6 Å². The van der Waals surface area contributed by atoms with Gasteiger partial charge in [0.25, 0.3) is 5.59 Å². The molecular formula is C13H12ClFN2O2Si. The zero-order chi connectivity index (χ0) is 14.3. The number of aromatic nitrogens is 2. The highest BCUT2D eigenvalue weighted by Gasteiger charge is 2.46. The molecule has 0 radical (unpaired) electrons. The minimum absolute atomic E-state index is 0.199. The molecule has 7 heteroatoms. The highest BCUT2D eigenvalue weighted by molar-refractivity contribution is 6.97. The Bertz CT molecular complexity index is 676. The lowest BCUT2D eigenvalue weighted by Crippen LogP contribution is -2.08. The van der Waals surface area contributed by atoms with Crippen LogP contribution in [0.2, 0.25) is 11.1 Å². The van der Waals surface area contributed by atoms with Gasteiger partial charge in [-0.3, -0.25) is 4.79 Å². The van der Waals surface area contributed by atoms with Crippen LogP contribution in [0.3, 0.4) is 0 Å². The maximum atomic E-state index is 12.8. The van der Waals surface area contributed by atoms with Crippen molar-refractivity contribution in [2.45, 2.75) is 18.1 Å². The van der Waals surface area contributed by atoms with Crippen molar-refractivity contribution in [1.82, 2.24) is 9.55 Å². The second-order valence-corrected chi connectivity index (χ2v) is 8.40. The first-order chi connectivity index (χ1) is 9.54. The highest BCUT2D eigenvalue weighted by Crippen LogP contribution is 2.42. The molecule has 4 nitrogen and oxygen atoms in total. The molecule has 3 rings (SSSR count). The van der Waals surface area contributed by atoms with E-state index in [9.17, 15) is 9.18 Å². The highest BCUT2D eigenvalue weighted by atomic mass is 35.5. The third-order valence-corrected chi connectivity index (χ3v) is 6.52. The lowest BCUT2D eigenvalue weighted by molar-refractivity contribution is 0.219. The van der Waals surface area contributed by atoms with Crippen molar-refractivity contribution in [3.8, 4) is 0 Å². The Morgan fingerprint density at radius 3 is 2.95 bits per heavy atom. The van der Waals surface area contributed by atoms with E-state index in [0.717, 1.165) is 17.2 Å². The first-order valence-electron chi connectivity index (χ1n) is 6.23. The van der Waals surface area contributed by atoms with Crippen molar-refractivity contribution in [2.24, 2.45) is 0 Å². The Kier molecular flexibility index (Phi) is 3.35. The van der Waals surface area contributed by atoms with Gasteiger partial charge in [-0.2, -0.15) is 4.39 Å². The van der Waals surface area contributed by atoms with Crippen LogP contribution in [-0.4, -0.2) is 29.0 Å². The van der Waals surface area contributed by atoms with Gasteiger partial charge < -0.3 is 9.67 Å². The second kappa shape index (κ2) is 5.03. The summed E-state index contributed by atoms with van der Waals surface area (Å²) in [6.45, 7) is 0.445. The van der Waals surface area contributed by atoms with E-state index in [1.165, 1.54) is 12.5 Å². The van der Waals surface area contributed by atoms with E-state index in [1.54, 1.807) is 4.57 Å². The number of halogens is 2. The molecule has 104 valence electrons. The lowest BCUT2D eigenvalue weighted by Gasteiger charge is -2.07. The molecule has 1 saturated heterocycles. The summed E-state index contributed by atoms with van der Waals surface area (Å²) < 4.78 is 14.4. The van der Waals surface area contributed by atoms with E-state index >= 15 is 0 Å². The monoisotopic (exact) mass is 310 g/mol. The van der Waals surface area contributed by atoms with Gasteiger partial charge in [0.1, 0.15) is 0 Å². The fourth-order valence-corrected chi connectivity index (χ4v) is 4.91. The summed E-state index contributed by atoms with van der Waals surface area (Å²) in [5.74, 6) is -0.522. The van der Waals surface area contributed by atoms with Gasteiger partial charge in [0.15, 0.2) is 8.80 Å². The van der Waals surface area contributed by atoms with E-state index in [-0.39, 0.29) is 5.54 Å². The number of carboxylic acid groups (broad SMARTS) is 1. The molecule has 1 aromatic heterocycles. The summed E-state index contributed by atoms with van der Waals surface area (Å²) in [5, 5.41) is 9.57. The SMILES string of the molecule is O=C(O)[Si@H]1C[C@@H]1c1ccc(Cn2cnc(F)c2)c(Cl)c1. The molecule has 0 amide bonds. The van der Waals surface area contributed by atoms with Crippen LogP contribution in [-0.2, 0) is 6.54 Å². The van der Waals surface area contributed by atoms with Gasteiger partial charge in [0.2, 0.25) is 5.95 Å². The number of carbonyl (C=O) groups is 1. The average molecular weight is 311 g/mol. The molecule has 1 aliphatic rings. The minimum atomic E-state index is -1.64. The van der Waals surface area contributed by atoms with Crippen molar-refractivity contribution >= 4 is 26.0 Å². The molecular weight excluding hydrogens is 299 g/mol. The molecule has 0 bridgehead atoms. The number of rotatable bonds is 4. The molecule has 0 aliphatic carbocycles. The normalized spacial score (nSPS) is 20.9. The first-order valence-corrected chi connectivity index (χ1v) is 8.67. The summed E-state index contributed by atoms with van der Waals surface area (Å²) in [6, 6.07) is 6.44. The topological polar surface area (TPSA) is 55.1 Å². The fraction of sp³-hybridized carbons (Fsp3) is 0.231. The second-order valence-electron chi connectivity index (χ2n) is 5.01. The van der Waals surface area contributed by atoms with Crippen LogP contribution in [0, 0.1) is 5.95 Å². The fourth-order valence-electron chi connectivity index (χ4n) is 2.37. The van der Waals surface area contributed by atoms with E-state index in [1.807, 2.05) is 18.2 Å². The zero-order valence-electron chi connectivity index (χ0n) is 10.5. The molecule has 0 unspecified atom stereocenters. The molecule has 20 heavy (non-hydrogen) atoms. The van der Waals surface area contributed by atoms with E-state index < -0.39 is 20.3 Å². The summed E-state index contributed by atoms with van der Waals surface area (Å²) in [5.41, 5.74) is 1.45. The Morgan fingerprint density at radius 1 is 1.60 bits per heavy atom. The summed E-state index contributed by atoms with van der Waals surface area (Å²) in [7, 11) is -1.64. The Morgan fingerprint density at radius 2 is 2.40 bits per heavy atom. The number of benzene rings is 1. The summed E-state index contributed by atoms with van der Waals surface area (Å²) >= 11 is 6.23. The van der Waals surface area contributed by atoms with Crippen molar-refractivity contribution < 1.29 is 14.3 Å². The maximum absolute atomic E-state index is 12.8. The summed E-state index contributed by atoms with van der Waals surface area (Å²) in [6.07, 6.45) is 2.71. The van der Waals surface area contributed by atoms with Gasteiger partial charge in [0.05, 0.1) is 19.1 Å². The molecule has 2 atom stereocenters. The molecule has 1 N–H and O–H groups in total. The van der Waals surface area contributed by atoms with Crippen LogP contribution in [0.4, 0.5) is 9.18 Å². The molecule has 1 aromatic carbocycles. The molecule has 0 saturated carbocycles. The Hall–Kier alpha value is -1.66. The zero-order valence-corrected chi connectivity index (χ0v) is 12.4. The third kappa shape index (κ3) is 2.61. The number of imidazole rings is 1. The summed E-state index contributed by atoms with van der Waals surface area (Å²) in [4.78, 5) is 14.4. The van der Waals surface area contributed by atoms with Gasteiger partial charge in [0, 0.05) is 5.02 Å². The van der Waals surface area contributed by atoms with Gasteiger partial charge in [-0.1, -0.05) is 23.7 Å². The van der Waals surface area contributed by atoms with Gasteiger partial charge >= 0.3 is 0 Å². The van der Waals surface area contributed by atoms with Gasteiger partial charge in [-0.25, -0.2) is 4.98 Å². The molecule has 1 fully saturated rings. The predicted octanol–water partition coefficient (Wildman–Crippen LogP) is 2.85. The minimum Gasteiger partial charge on any atom is -0.486 e. The van der Waals surface area contributed by atoms with Crippen LogP contribution in [0.5, 0.6) is 0 Å². The van der Waals surface area contributed by atoms with Crippen molar-refractivity contribution in [3.63, 3.8) is 0 Å². The predicted molar refractivity (Wildman–Crippen MR) is 75.5 cm³/mol. The lowest BCUT2D eigenvalue weighted by atomic mass is 10.1. The average Bonchev–Trinajstić information content (AvgIpc) is 3.10. The molecule has 0 spiro atoms. The van der Waals surface area contributed by atoms with Crippen LogP contribution < -0.4 is 0 Å². The van der Waals surface area contributed by atoms with Crippen molar-refractivity contribution in [3.05, 3.63) is 52.8 Å². The molecule has 1 aliphatic heterocycles. The maximum Gasteiger partial charge on any atom is 0.266 e. The number of hydrogen-bond acceptors (Lipinski definition) is 2. The molecule has 2 aromatic rings. The van der Waals surface area contributed by atoms with Crippen molar-refractivity contribution in [2.75, 3.05) is 0 Å². The number of nitrogens with zero attached hydrogens (tertiary/aromatic N) is 2. The van der Waals surface area contributed by atoms with E-state index in [4.69, 9.17) is 16.7 Å². The molecule has 2 heterocycles. The first kappa shape index (κ1) is 13.3. The van der Waals surface area contributed by atoms with Gasteiger partial charge in [-0.05, 0) is 28.8 Å².